The molecule has 1 saturated heterocycles. The van der Waals surface area contributed by atoms with Crippen molar-refractivity contribution in [3.8, 4) is 0 Å². The Balaban J connectivity index is 0. The molecule has 0 spiro atoms. The van der Waals surface area contributed by atoms with Crippen LogP contribution in [0.1, 0.15) is 40.5 Å². The standard InChI is InChI=1S/C18H40N4.H2O.Tc/c1-5-19-11-9-12-21(7-3)17-18-22(8-4)14-10-13-20(6-2)16-15-19;;/h5-18H2,1-4H3;1H2;/p-1. The van der Waals surface area contributed by atoms with Crippen LogP contribution in [0.2, 0.25) is 0 Å². The van der Waals surface area contributed by atoms with Gasteiger partial charge in [-0.3, -0.25) is 0 Å². The van der Waals surface area contributed by atoms with Gasteiger partial charge in [0.15, 0.2) is 0 Å². The number of nitrogens with zero attached hydrogens (tertiary/aromatic N) is 4. The maximum Gasteiger partial charge on any atom is 0.0109 e. The van der Waals surface area contributed by atoms with Gasteiger partial charge in [0.05, 0.1) is 0 Å². The molecule has 0 amide bonds. The Hall–Kier alpha value is 0.449. The van der Waals surface area contributed by atoms with E-state index in [1.54, 1.807) is 0 Å². The first-order valence-electron chi connectivity index (χ1n) is 9.62. The van der Waals surface area contributed by atoms with Crippen molar-refractivity contribution in [2.45, 2.75) is 40.5 Å². The van der Waals surface area contributed by atoms with E-state index in [0.29, 0.717) is 0 Å². The van der Waals surface area contributed by atoms with Crippen LogP contribution in [0.5, 0.6) is 0 Å². The summed E-state index contributed by atoms with van der Waals surface area (Å²) in [6.07, 6.45) is 2.61. The number of hydrogen-bond donors (Lipinski definition) is 0. The van der Waals surface area contributed by atoms with Gasteiger partial charge >= 0.3 is 0 Å². The fraction of sp³-hybridized carbons (Fsp3) is 1.00. The quantitative estimate of drug-likeness (QED) is 0.686. The smallest absolute Gasteiger partial charge is 0.0109 e. The second-order valence-corrected chi connectivity index (χ2v) is 6.44. The molecule has 6 heteroatoms. The molecule has 0 aliphatic carbocycles. The predicted octanol–water partition coefficient (Wildman–Crippen LogP) is 1.89. The molecule has 1 N–H and O–H groups in total. The minimum absolute atomic E-state index is 0. The molecule has 1 rings (SSSR count). The van der Waals surface area contributed by atoms with E-state index in [2.05, 4.69) is 47.3 Å². The van der Waals surface area contributed by atoms with Crippen molar-refractivity contribution < 1.29 is 25.6 Å². The zero-order valence-corrected chi connectivity index (χ0v) is 18.4. The zero-order valence-electron chi connectivity index (χ0n) is 16.5. The van der Waals surface area contributed by atoms with Crippen LogP contribution in [0.25, 0.3) is 0 Å². The van der Waals surface area contributed by atoms with Crippen LogP contribution in [0.3, 0.4) is 0 Å². The third-order valence-electron chi connectivity index (χ3n) is 5.15. The Morgan fingerprint density at radius 3 is 0.833 bits per heavy atom. The van der Waals surface area contributed by atoms with Gasteiger partial charge in [-0.05, 0) is 65.2 Å². The zero-order chi connectivity index (χ0) is 16.2. The van der Waals surface area contributed by atoms with E-state index >= 15 is 0 Å². The Bertz CT molecular complexity index is 221. The molecule has 0 unspecified atom stereocenters. The van der Waals surface area contributed by atoms with Crippen molar-refractivity contribution in [2.75, 3.05) is 78.5 Å². The molecule has 1 fully saturated rings. The summed E-state index contributed by atoms with van der Waals surface area (Å²) in [5, 5.41) is 0. The Kier molecular flexibility index (Phi) is 18.8. The molecule has 1 aliphatic rings. The van der Waals surface area contributed by atoms with Crippen molar-refractivity contribution >= 4 is 0 Å². The summed E-state index contributed by atoms with van der Waals surface area (Å²) in [4.78, 5) is 10.5. The van der Waals surface area contributed by atoms with Crippen molar-refractivity contribution in [1.29, 1.82) is 0 Å². The van der Waals surface area contributed by atoms with Crippen LogP contribution in [-0.2, 0) is 20.1 Å². The van der Waals surface area contributed by atoms with Crippen LogP contribution in [0.15, 0.2) is 0 Å². The molecule has 0 bridgehead atoms. The number of likely N-dealkylation sites (N-methyl/N-ethyl adjacent to an activating group) is 4. The first-order valence-corrected chi connectivity index (χ1v) is 9.62. The van der Waals surface area contributed by atoms with Crippen LogP contribution in [0.4, 0.5) is 0 Å². The molecule has 0 aromatic carbocycles. The van der Waals surface area contributed by atoms with Gasteiger partial charge in [0.25, 0.3) is 0 Å². The van der Waals surface area contributed by atoms with Crippen molar-refractivity contribution in [3.63, 3.8) is 0 Å². The Labute approximate surface area is 164 Å². The molecular weight excluding hydrogens is 386 g/mol. The van der Waals surface area contributed by atoms with Crippen LogP contribution in [0, 0.1) is 0 Å². The second kappa shape index (κ2) is 16.9. The van der Waals surface area contributed by atoms with Crippen molar-refractivity contribution in [2.24, 2.45) is 0 Å². The van der Waals surface area contributed by atoms with Gasteiger partial charge in [0.2, 0.25) is 0 Å². The van der Waals surface area contributed by atoms with Crippen LogP contribution < -0.4 is 0 Å². The second-order valence-electron chi connectivity index (χ2n) is 6.44. The summed E-state index contributed by atoms with van der Waals surface area (Å²) < 4.78 is 0. The molecular formula is C18H41N4OTc-. The van der Waals surface area contributed by atoms with Crippen molar-refractivity contribution in [1.82, 2.24) is 19.6 Å². The summed E-state index contributed by atoms with van der Waals surface area (Å²) in [6, 6.07) is 0. The van der Waals surface area contributed by atoms with E-state index in [4.69, 9.17) is 0 Å². The van der Waals surface area contributed by atoms with Crippen LogP contribution in [-0.4, -0.2) is 104 Å². The molecule has 1 heterocycles. The SMILES string of the molecule is CCN1CCCN(CC)CCN(CC)CCCN(CC)CC1.[OH-].[Tc]. The average Bonchev–Trinajstić information content (AvgIpc) is 2.56. The summed E-state index contributed by atoms with van der Waals surface area (Å²) >= 11 is 0. The summed E-state index contributed by atoms with van der Waals surface area (Å²) in [5.74, 6) is 0. The maximum atomic E-state index is 2.63. The van der Waals surface area contributed by atoms with Crippen molar-refractivity contribution in [3.05, 3.63) is 0 Å². The largest absolute Gasteiger partial charge is 0.870 e. The van der Waals surface area contributed by atoms with E-state index in [1.807, 2.05) is 0 Å². The molecule has 5 nitrogen and oxygen atoms in total. The first-order chi connectivity index (χ1) is 10.7. The third-order valence-corrected chi connectivity index (χ3v) is 5.15. The van der Waals surface area contributed by atoms with E-state index in [-0.39, 0.29) is 25.6 Å². The summed E-state index contributed by atoms with van der Waals surface area (Å²) in [5.41, 5.74) is 0. The molecule has 24 heavy (non-hydrogen) atoms. The minimum atomic E-state index is 0. The topological polar surface area (TPSA) is 43.0 Å². The Morgan fingerprint density at radius 1 is 0.458 bits per heavy atom. The van der Waals surface area contributed by atoms with E-state index in [9.17, 15) is 0 Å². The fourth-order valence-electron chi connectivity index (χ4n) is 3.31. The third kappa shape index (κ3) is 11.1. The van der Waals surface area contributed by atoms with Gasteiger partial charge in [-0.2, -0.15) is 0 Å². The van der Waals surface area contributed by atoms with E-state index in [1.165, 1.54) is 91.4 Å². The summed E-state index contributed by atoms with van der Waals surface area (Å²) in [6.45, 7) is 23.9. The predicted molar refractivity (Wildman–Crippen MR) is 99.6 cm³/mol. The average molecular weight is 428 g/mol. The van der Waals surface area contributed by atoms with Crippen LogP contribution >= 0.6 is 0 Å². The molecule has 147 valence electrons. The van der Waals surface area contributed by atoms with Gasteiger partial charge < -0.3 is 25.1 Å². The van der Waals surface area contributed by atoms with E-state index < -0.39 is 0 Å². The van der Waals surface area contributed by atoms with Gasteiger partial charge in [-0.1, -0.05) is 27.7 Å². The molecule has 1 radical (unpaired) electrons. The molecule has 0 aromatic heterocycles. The first kappa shape index (κ1) is 26.7. The summed E-state index contributed by atoms with van der Waals surface area (Å²) in [7, 11) is 0. The van der Waals surface area contributed by atoms with Gasteiger partial charge in [-0.15, -0.1) is 0 Å². The monoisotopic (exact) mass is 426 g/mol. The number of hydrogen-bond acceptors (Lipinski definition) is 5. The number of rotatable bonds is 4. The maximum absolute atomic E-state index is 2.63. The Morgan fingerprint density at radius 2 is 0.667 bits per heavy atom. The normalized spacial score (nSPS) is 21.5. The molecule has 1 aliphatic heterocycles. The minimum Gasteiger partial charge on any atom is -0.870 e. The molecule has 0 saturated carbocycles. The fourth-order valence-corrected chi connectivity index (χ4v) is 3.31. The van der Waals surface area contributed by atoms with E-state index in [0.717, 1.165) is 0 Å². The van der Waals surface area contributed by atoms with Gasteiger partial charge in [0.1, 0.15) is 0 Å². The van der Waals surface area contributed by atoms with Gasteiger partial charge in [-0.25, -0.2) is 0 Å². The van der Waals surface area contributed by atoms with Gasteiger partial charge in [0, 0.05) is 46.3 Å². The molecule has 0 aromatic rings. The molecule has 0 atom stereocenters.